The normalized spacial score (nSPS) is 23.9. The van der Waals surface area contributed by atoms with Crippen LogP contribution in [-0.4, -0.2) is 45.7 Å². The van der Waals surface area contributed by atoms with Crippen molar-refractivity contribution in [1.82, 2.24) is 19.4 Å². The standard InChI is InChI=1S/C22H28F4N4/c1-4-14(5-2)21-28-19(15-8-18(22(24,25)26)13(3)27-9-15)12-30(21)20-16-10-29(7-6-23)11-17(16)20/h8-9,12,14,16-17,20H,4-7,10-11H2,1-3H3/t16-,17+,20?. The molecule has 1 aliphatic heterocycles. The van der Waals surface area contributed by atoms with Gasteiger partial charge in [0.25, 0.3) is 0 Å². The number of imidazole rings is 1. The number of pyridine rings is 1. The quantitative estimate of drug-likeness (QED) is 0.570. The summed E-state index contributed by atoms with van der Waals surface area (Å²) >= 11 is 0. The number of hydrogen-bond donors (Lipinski definition) is 0. The Kier molecular flexibility index (Phi) is 5.64. The van der Waals surface area contributed by atoms with Gasteiger partial charge in [-0.3, -0.25) is 4.98 Å². The largest absolute Gasteiger partial charge is 0.418 e. The number of rotatable bonds is 7. The molecular formula is C22H28F4N4. The number of halogens is 4. The fourth-order valence-electron chi connectivity index (χ4n) is 5.00. The van der Waals surface area contributed by atoms with Crippen LogP contribution in [0.2, 0.25) is 0 Å². The summed E-state index contributed by atoms with van der Waals surface area (Å²) in [4.78, 5) is 10.9. The molecule has 164 valence electrons. The summed E-state index contributed by atoms with van der Waals surface area (Å²) < 4.78 is 54.9. The van der Waals surface area contributed by atoms with Gasteiger partial charge >= 0.3 is 6.18 Å². The van der Waals surface area contributed by atoms with E-state index in [1.54, 1.807) is 0 Å². The van der Waals surface area contributed by atoms with Gasteiger partial charge in [0.15, 0.2) is 0 Å². The molecular weight excluding hydrogens is 396 g/mol. The van der Waals surface area contributed by atoms with E-state index in [4.69, 9.17) is 4.98 Å². The molecule has 0 amide bonds. The van der Waals surface area contributed by atoms with Crippen molar-refractivity contribution in [2.75, 3.05) is 26.3 Å². The van der Waals surface area contributed by atoms with Crippen molar-refractivity contribution >= 4 is 0 Å². The average Bonchev–Trinajstić information content (AvgIpc) is 3.04. The minimum absolute atomic E-state index is 0.0319. The van der Waals surface area contributed by atoms with E-state index in [0.29, 0.717) is 35.7 Å². The van der Waals surface area contributed by atoms with Crippen LogP contribution in [0.5, 0.6) is 0 Å². The van der Waals surface area contributed by atoms with Gasteiger partial charge in [-0.05, 0) is 37.7 Å². The van der Waals surface area contributed by atoms with E-state index in [0.717, 1.165) is 37.8 Å². The molecule has 4 rings (SSSR count). The molecule has 0 radical (unpaired) electrons. The van der Waals surface area contributed by atoms with E-state index in [1.807, 2.05) is 6.20 Å². The number of hydrogen-bond acceptors (Lipinski definition) is 3. The lowest BCUT2D eigenvalue weighted by Gasteiger charge is -2.20. The summed E-state index contributed by atoms with van der Waals surface area (Å²) in [6, 6.07) is 1.46. The van der Waals surface area contributed by atoms with Gasteiger partial charge in [0, 0.05) is 55.2 Å². The molecule has 0 spiro atoms. The third-order valence-electron chi connectivity index (χ3n) is 6.75. The summed E-state index contributed by atoms with van der Waals surface area (Å²) in [6.45, 7) is 7.48. The number of likely N-dealkylation sites (tertiary alicyclic amines) is 1. The summed E-state index contributed by atoms with van der Waals surface area (Å²) in [7, 11) is 0. The molecule has 0 N–H and O–H groups in total. The lowest BCUT2D eigenvalue weighted by Crippen LogP contribution is -2.27. The van der Waals surface area contributed by atoms with Gasteiger partial charge < -0.3 is 9.47 Å². The number of aromatic nitrogens is 3. The molecule has 1 unspecified atom stereocenters. The molecule has 0 bridgehead atoms. The minimum atomic E-state index is -4.44. The topological polar surface area (TPSA) is 34.0 Å². The third-order valence-corrected chi connectivity index (χ3v) is 6.75. The number of piperidine rings is 1. The number of alkyl halides is 4. The maximum atomic E-state index is 13.4. The Balaban J connectivity index is 1.68. The van der Waals surface area contributed by atoms with E-state index >= 15 is 0 Å². The SMILES string of the molecule is CCC(CC)c1nc(-c2cnc(C)c(C(F)(F)F)c2)cn1C1[C@H]2CN(CCF)C[C@@H]12. The molecule has 8 heteroatoms. The Morgan fingerprint density at radius 1 is 1.17 bits per heavy atom. The zero-order valence-corrected chi connectivity index (χ0v) is 17.6. The fraction of sp³-hybridized carbons (Fsp3) is 0.636. The molecule has 2 aromatic rings. The van der Waals surface area contributed by atoms with E-state index in [1.165, 1.54) is 13.1 Å². The fourth-order valence-corrected chi connectivity index (χ4v) is 5.00. The van der Waals surface area contributed by atoms with Crippen molar-refractivity contribution in [3.05, 3.63) is 35.5 Å². The van der Waals surface area contributed by atoms with E-state index < -0.39 is 11.7 Å². The smallest absolute Gasteiger partial charge is 0.330 e. The van der Waals surface area contributed by atoms with Crippen molar-refractivity contribution in [2.45, 2.75) is 51.7 Å². The van der Waals surface area contributed by atoms with Crippen molar-refractivity contribution in [3.8, 4) is 11.3 Å². The number of aryl methyl sites for hydroxylation is 1. The molecule has 1 aliphatic carbocycles. The lowest BCUT2D eigenvalue weighted by atomic mass is 10.0. The summed E-state index contributed by atoms with van der Waals surface area (Å²) in [5, 5.41) is 0. The van der Waals surface area contributed by atoms with Crippen LogP contribution < -0.4 is 0 Å². The molecule has 0 aromatic carbocycles. The Bertz CT molecular complexity index is 891. The Hall–Kier alpha value is -1.96. The third kappa shape index (κ3) is 3.74. The molecule has 3 heterocycles. The molecule has 3 atom stereocenters. The van der Waals surface area contributed by atoms with E-state index in [2.05, 4.69) is 28.3 Å². The Labute approximate surface area is 174 Å². The van der Waals surface area contributed by atoms with Crippen LogP contribution in [0.4, 0.5) is 17.6 Å². The van der Waals surface area contributed by atoms with Gasteiger partial charge in [-0.25, -0.2) is 9.37 Å². The summed E-state index contributed by atoms with van der Waals surface area (Å²) in [5.41, 5.74) is 0.184. The minimum Gasteiger partial charge on any atom is -0.330 e. The zero-order chi connectivity index (χ0) is 21.6. The highest BCUT2D eigenvalue weighted by Crippen LogP contribution is 2.56. The molecule has 4 nitrogen and oxygen atoms in total. The van der Waals surface area contributed by atoms with E-state index in [-0.39, 0.29) is 18.3 Å². The predicted octanol–water partition coefficient (Wildman–Crippen LogP) is 5.25. The highest BCUT2D eigenvalue weighted by molar-refractivity contribution is 5.59. The second kappa shape index (κ2) is 7.94. The zero-order valence-electron chi connectivity index (χ0n) is 17.6. The van der Waals surface area contributed by atoms with Gasteiger partial charge in [-0.15, -0.1) is 0 Å². The Morgan fingerprint density at radius 3 is 2.40 bits per heavy atom. The van der Waals surface area contributed by atoms with Crippen LogP contribution in [0.15, 0.2) is 18.5 Å². The van der Waals surface area contributed by atoms with Crippen LogP contribution in [0, 0.1) is 18.8 Å². The molecule has 2 aromatic heterocycles. The lowest BCUT2D eigenvalue weighted by molar-refractivity contribution is -0.138. The van der Waals surface area contributed by atoms with Crippen LogP contribution in [-0.2, 0) is 6.18 Å². The van der Waals surface area contributed by atoms with Crippen molar-refractivity contribution in [1.29, 1.82) is 0 Å². The van der Waals surface area contributed by atoms with Gasteiger partial charge in [0.1, 0.15) is 12.5 Å². The second-order valence-electron chi connectivity index (χ2n) is 8.53. The van der Waals surface area contributed by atoms with Crippen LogP contribution in [0.1, 0.15) is 55.7 Å². The van der Waals surface area contributed by atoms with E-state index in [9.17, 15) is 17.6 Å². The molecule has 1 saturated carbocycles. The van der Waals surface area contributed by atoms with Gasteiger partial charge in [-0.1, -0.05) is 13.8 Å². The monoisotopic (exact) mass is 424 g/mol. The first kappa shape index (κ1) is 21.3. The van der Waals surface area contributed by atoms with Crippen LogP contribution in [0.3, 0.4) is 0 Å². The molecule has 30 heavy (non-hydrogen) atoms. The Morgan fingerprint density at radius 2 is 1.83 bits per heavy atom. The number of fused-ring (bicyclic) bond motifs is 1. The van der Waals surface area contributed by atoms with Crippen LogP contribution >= 0.6 is 0 Å². The van der Waals surface area contributed by atoms with Crippen LogP contribution in [0.25, 0.3) is 11.3 Å². The van der Waals surface area contributed by atoms with Gasteiger partial charge in [-0.2, -0.15) is 13.2 Å². The van der Waals surface area contributed by atoms with Crippen molar-refractivity contribution in [3.63, 3.8) is 0 Å². The predicted molar refractivity (Wildman–Crippen MR) is 107 cm³/mol. The molecule has 1 saturated heterocycles. The summed E-state index contributed by atoms with van der Waals surface area (Å²) in [6.07, 6.45) is 0.778. The summed E-state index contributed by atoms with van der Waals surface area (Å²) in [5.74, 6) is 2.13. The first-order valence-electron chi connectivity index (χ1n) is 10.7. The van der Waals surface area contributed by atoms with Crippen molar-refractivity contribution in [2.24, 2.45) is 11.8 Å². The number of nitrogens with zero attached hydrogens (tertiary/aromatic N) is 4. The maximum Gasteiger partial charge on any atom is 0.418 e. The highest BCUT2D eigenvalue weighted by Gasteiger charge is 2.57. The molecule has 2 fully saturated rings. The molecule has 2 aliphatic rings. The van der Waals surface area contributed by atoms with Gasteiger partial charge in [0.2, 0.25) is 0 Å². The van der Waals surface area contributed by atoms with Crippen molar-refractivity contribution < 1.29 is 17.6 Å². The second-order valence-corrected chi connectivity index (χ2v) is 8.53. The first-order valence-corrected chi connectivity index (χ1v) is 10.7. The highest BCUT2D eigenvalue weighted by atomic mass is 19.4. The van der Waals surface area contributed by atoms with Gasteiger partial charge in [0.05, 0.1) is 11.3 Å². The average molecular weight is 424 g/mol. The first-order chi connectivity index (χ1) is 14.3. The maximum absolute atomic E-state index is 13.4.